The van der Waals surface area contributed by atoms with Gasteiger partial charge in [-0.1, -0.05) is 24.6 Å². The molecule has 1 fully saturated rings. The van der Waals surface area contributed by atoms with Crippen molar-refractivity contribution < 1.29 is 22.7 Å². The first-order valence-electron chi connectivity index (χ1n) is 10.6. The minimum atomic E-state index is -3.56. The molecule has 2 aromatic carbocycles. The fourth-order valence-electron chi connectivity index (χ4n) is 4.08. The summed E-state index contributed by atoms with van der Waals surface area (Å²) in [6.45, 7) is 3.15. The predicted molar refractivity (Wildman–Crippen MR) is 116 cm³/mol. The molecule has 1 atom stereocenters. The lowest BCUT2D eigenvalue weighted by Crippen LogP contribution is -2.39. The van der Waals surface area contributed by atoms with Crippen LogP contribution in [0.15, 0.2) is 53.4 Å². The number of carbonyl (C=O) groups excluding carboxylic acids is 2. The lowest BCUT2D eigenvalue weighted by atomic mass is 10.2. The molecule has 4 rings (SSSR count). The number of ether oxygens (including phenoxy) is 1. The average Bonchev–Trinajstić information content (AvgIpc) is 3.23. The minimum Gasteiger partial charge on any atom is -0.449 e. The van der Waals surface area contributed by atoms with Crippen molar-refractivity contribution in [1.82, 2.24) is 4.31 Å². The second kappa shape index (κ2) is 8.80. The molecule has 0 saturated carbocycles. The number of benzene rings is 2. The molecule has 2 heterocycles. The first-order valence-corrected chi connectivity index (χ1v) is 12.0. The van der Waals surface area contributed by atoms with E-state index in [9.17, 15) is 18.0 Å². The SMILES string of the molecule is CC(OC(=O)c1ccc(S(=O)(=O)N2CCCCC2)cc1)C(=O)N1CCc2ccccc21. The number of hydrogen-bond donors (Lipinski definition) is 0. The molecule has 0 aliphatic carbocycles. The van der Waals surface area contributed by atoms with E-state index in [1.54, 1.807) is 11.8 Å². The Morgan fingerprint density at radius 2 is 1.61 bits per heavy atom. The molecule has 0 N–H and O–H groups in total. The fraction of sp³-hybridized carbons (Fsp3) is 0.391. The number of esters is 1. The summed E-state index contributed by atoms with van der Waals surface area (Å²) in [7, 11) is -3.56. The quantitative estimate of drug-likeness (QED) is 0.665. The van der Waals surface area contributed by atoms with Gasteiger partial charge in [0.1, 0.15) is 0 Å². The molecule has 2 aliphatic rings. The van der Waals surface area contributed by atoms with E-state index in [0.29, 0.717) is 19.6 Å². The van der Waals surface area contributed by atoms with Crippen LogP contribution in [0, 0.1) is 0 Å². The van der Waals surface area contributed by atoms with Crippen LogP contribution in [0.3, 0.4) is 0 Å². The zero-order valence-electron chi connectivity index (χ0n) is 17.5. The summed E-state index contributed by atoms with van der Waals surface area (Å²) in [5.74, 6) is -0.933. The van der Waals surface area contributed by atoms with Gasteiger partial charge < -0.3 is 9.64 Å². The molecule has 1 amide bonds. The van der Waals surface area contributed by atoms with Crippen molar-refractivity contribution in [3.8, 4) is 0 Å². The Bertz CT molecular complexity index is 1080. The number of carbonyl (C=O) groups is 2. The largest absolute Gasteiger partial charge is 0.449 e. The van der Waals surface area contributed by atoms with Crippen LogP contribution >= 0.6 is 0 Å². The molecule has 1 unspecified atom stereocenters. The molecule has 164 valence electrons. The molecule has 8 heteroatoms. The molecule has 2 aliphatic heterocycles. The zero-order chi connectivity index (χ0) is 22.0. The Hall–Kier alpha value is -2.71. The number of sulfonamides is 1. The second-order valence-corrected chi connectivity index (χ2v) is 9.84. The van der Waals surface area contributed by atoms with Crippen LogP contribution in [0.4, 0.5) is 5.69 Å². The highest BCUT2D eigenvalue weighted by atomic mass is 32.2. The van der Waals surface area contributed by atoms with Crippen molar-refractivity contribution in [3.05, 3.63) is 59.7 Å². The molecular formula is C23H26N2O5S. The molecule has 2 aromatic rings. The van der Waals surface area contributed by atoms with Gasteiger partial charge >= 0.3 is 5.97 Å². The van der Waals surface area contributed by atoms with Gasteiger partial charge in [0.2, 0.25) is 10.0 Å². The van der Waals surface area contributed by atoms with Crippen LogP contribution in [0.5, 0.6) is 0 Å². The number of amides is 1. The van der Waals surface area contributed by atoms with Crippen LogP contribution in [-0.2, 0) is 26.0 Å². The maximum absolute atomic E-state index is 12.8. The smallest absolute Gasteiger partial charge is 0.338 e. The van der Waals surface area contributed by atoms with E-state index in [1.807, 2.05) is 24.3 Å². The van der Waals surface area contributed by atoms with Crippen LogP contribution in [0.2, 0.25) is 0 Å². The standard InChI is InChI=1S/C23H26N2O5S/c1-17(22(26)25-16-13-18-7-3-4-8-21(18)25)30-23(27)19-9-11-20(12-10-19)31(28,29)24-14-5-2-6-15-24/h3-4,7-12,17H,2,5-6,13-16H2,1H3. The molecule has 1 saturated heterocycles. The normalized spacial score (nSPS) is 17.8. The number of anilines is 1. The van der Waals surface area contributed by atoms with Crippen LogP contribution in [0.25, 0.3) is 0 Å². The number of para-hydroxylation sites is 1. The Morgan fingerprint density at radius 3 is 2.32 bits per heavy atom. The number of hydrogen-bond acceptors (Lipinski definition) is 5. The fourth-order valence-corrected chi connectivity index (χ4v) is 5.60. The van der Waals surface area contributed by atoms with Crippen molar-refractivity contribution in [2.45, 2.75) is 43.6 Å². The molecular weight excluding hydrogens is 416 g/mol. The maximum Gasteiger partial charge on any atom is 0.338 e. The minimum absolute atomic E-state index is 0.156. The van der Waals surface area contributed by atoms with Gasteiger partial charge in [0, 0.05) is 25.3 Å². The number of rotatable bonds is 5. The summed E-state index contributed by atoms with van der Waals surface area (Å²) in [5.41, 5.74) is 2.15. The summed E-state index contributed by atoms with van der Waals surface area (Å²) in [5, 5.41) is 0. The first-order chi connectivity index (χ1) is 14.9. The molecule has 0 bridgehead atoms. The summed E-state index contributed by atoms with van der Waals surface area (Å²) >= 11 is 0. The highest BCUT2D eigenvalue weighted by Crippen LogP contribution is 2.28. The summed E-state index contributed by atoms with van der Waals surface area (Å²) < 4.78 is 32.3. The molecule has 0 spiro atoms. The number of fused-ring (bicyclic) bond motifs is 1. The molecule has 0 aromatic heterocycles. The van der Waals surface area contributed by atoms with Gasteiger partial charge in [-0.3, -0.25) is 4.79 Å². The van der Waals surface area contributed by atoms with Gasteiger partial charge in [0.25, 0.3) is 5.91 Å². The van der Waals surface area contributed by atoms with Gasteiger partial charge in [0.15, 0.2) is 6.10 Å². The lowest BCUT2D eigenvalue weighted by Gasteiger charge is -2.25. The van der Waals surface area contributed by atoms with E-state index < -0.39 is 22.1 Å². The summed E-state index contributed by atoms with van der Waals surface area (Å²) in [4.78, 5) is 27.1. The predicted octanol–water partition coefficient (Wildman–Crippen LogP) is 3.00. The van der Waals surface area contributed by atoms with Gasteiger partial charge in [-0.25, -0.2) is 13.2 Å². The van der Waals surface area contributed by atoms with Crippen molar-refractivity contribution in [3.63, 3.8) is 0 Å². The van der Waals surface area contributed by atoms with Crippen LogP contribution in [-0.4, -0.2) is 50.3 Å². The van der Waals surface area contributed by atoms with Gasteiger partial charge in [-0.2, -0.15) is 4.31 Å². The molecule has 7 nitrogen and oxygen atoms in total. The van der Waals surface area contributed by atoms with E-state index in [1.165, 1.54) is 28.6 Å². The highest BCUT2D eigenvalue weighted by Gasteiger charge is 2.30. The average molecular weight is 443 g/mol. The third kappa shape index (κ3) is 4.36. The third-order valence-electron chi connectivity index (χ3n) is 5.83. The van der Waals surface area contributed by atoms with Crippen LogP contribution < -0.4 is 4.90 Å². The summed E-state index contributed by atoms with van der Waals surface area (Å²) in [6.07, 6.45) is 2.58. The van der Waals surface area contributed by atoms with Crippen molar-refractivity contribution in [2.75, 3.05) is 24.5 Å². The Labute approximate surface area is 182 Å². The number of nitrogens with zero attached hydrogens (tertiary/aromatic N) is 2. The van der Waals surface area contributed by atoms with Gasteiger partial charge in [-0.05, 0) is 62.1 Å². The maximum atomic E-state index is 12.8. The van der Waals surface area contributed by atoms with E-state index in [-0.39, 0.29) is 16.4 Å². The monoisotopic (exact) mass is 442 g/mol. The topological polar surface area (TPSA) is 84.0 Å². The Kier molecular flexibility index (Phi) is 6.11. The lowest BCUT2D eigenvalue weighted by molar-refractivity contribution is -0.126. The third-order valence-corrected chi connectivity index (χ3v) is 7.74. The molecule has 0 radical (unpaired) electrons. The van der Waals surface area contributed by atoms with Gasteiger partial charge in [0.05, 0.1) is 10.5 Å². The van der Waals surface area contributed by atoms with Crippen LogP contribution in [0.1, 0.15) is 42.1 Å². The summed E-state index contributed by atoms with van der Waals surface area (Å²) in [6, 6.07) is 13.4. The van der Waals surface area contributed by atoms with Crippen molar-refractivity contribution in [1.29, 1.82) is 0 Å². The van der Waals surface area contributed by atoms with E-state index in [4.69, 9.17) is 4.74 Å². The van der Waals surface area contributed by atoms with E-state index in [0.717, 1.165) is 36.9 Å². The highest BCUT2D eigenvalue weighted by molar-refractivity contribution is 7.89. The Morgan fingerprint density at radius 1 is 0.935 bits per heavy atom. The van der Waals surface area contributed by atoms with Gasteiger partial charge in [-0.15, -0.1) is 0 Å². The first kappa shape index (κ1) is 21.5. The van der Waals surface area contributed by atoms with E-state index in [2.05, 4.69) is 0 Å². The second-order valence-electron chi connectivity index (χ2n) is 7.91. The van der Waals surface area contributed by atoms with Crippen molar-refractivity contribution >= 4 is 27.6 Å². The van der Waals surface area contributed by atoms with E-state index >= 15 is 0 Å². The zero-order valence-corrected chi connectivity index (χ0v) is 18.3. The Balaban J connectivity index is 1.41. The van der Waals surface area contributed by atoms with Crippen molar-refractivity contribution in [2.24, 2.45) is 0 Å². The molecule has 31 heavy (non-hydrogen) atoms. The number of piperidine rings is 1.